The molecule has 0 saturated heterocycles. The van der Waals surface area contributed by atoms with Gasteiger partial charge in [0.2, 0.25) is 5.88 Å². The van der Waals surface area contributed by atoms with Gasteiger partial charge in [0.15, 0.2) is 4.77 Å². The van der Waals surface area contributed by atoms with Crippen LogP contribution < -0.4 is 5.56 Å². The third-order valence-electron chi connectivity index (χ3n) is 2.99. The maximum atomic E-state index is 11.7. The van der Waals surface area contributed by atoms with Crippen LogP contribution in [0.5, 0.6) is 5.88 Å². The van der Waals surface area contributed by atoms with Crippen LogP contribution in [0.25, 0.3) is 0 Å². The summed E-state index contributed by atoms with van der Waals surface area (Å²) in [4.78, 5) is 20.5. The second-order valence-electron chi connectivity index (χ2n) is 4.12. The van der Waals surface area contributed by atoms with Gasteiger partial charge < -0.3 is 10.0 Å². The Kier molecular flexibility index (Phi) is 5.91. The molecule has 1 aromatic heterocycles. The van der Waals surface area contributed by atoms with Gasteiger partial charge in [0.1, 0.15) is 5.56 Å². The zero-order valence-corrected chi connectivity index (χ0v) is 12.3. The molecule has 6 nitrogen and oxygen atoms in total. The SMILES string of the molecule is CCN(CC)CCN=Cc1c(O)n(C)c(=S)[nH]c1=O. The van der Waals surface area contributed by atoms with E-state index in [-0.39, 0.29) is 16.2 Å². The molecule has 0 aliphatic carbocycles. The second-order valence-corrected chi connectivity index (χ2v) is 4.50. The van der Waals surface area contributed by atoms with Crippen LogP contribution in [0.1, 0.15) is 19.4 Å². The normalized spacial score (nSPS) is 11.6. The quantitative estimate of drug-likeness (QED) is 0.601. The first-order valence-corrected chi connectivity index (χ1v) is 6.66. The van der Waals surface area contributed by atoms with Gasteiger partial charge in [-0.25, -0.2) is 0 Å². The number of aromatic amines is 1. The molecule has 7 heteroatoms. The molecule has 106 valence electrons. The number of H-pyrrole nitrogens is 1. The molecule has 1 aromatic rings. The third-order valence-corrected chi connectivity index (χ3v) is 3.36. The molecule has 0 amide bonds. The van der Waals surface area contributed by atoms with Gasteiger partial charge in [0.25, 0.3) is 5.56 Å². The van der Waals surface area contributed by atoms with Crippen molar-refractivity contribution in [2.24, 2.45) is 12.0 Å². The molecule has 0 spiro atoms. The molecule has 0 aliphatic rings. The summed E-state index contributed by atoms with van der Waals surface area (Å²) in [6.45, 7) is 7.53. The first kappa shape index (κ1) is 15.6. The van der Waals surface area contributed by atoms with Crippen LogP contribution in [0.4, 0.5) is 0 Å². The standard InChI is InChI=1S/C12H20N4O2S/c1-4-16(5-2)7-6-13-8-9-10(17)14-12(19)15(3)11(9)18/h8,18H,4-7H2,1-3H3,(H,14,17,19). The number of aromatic hydroxyl groups is 1. The second kappa shape index (κ2) is 7.20. The summed E-state index contributed by atoms with van der Waals surface area (Å²) >= 11 is 4.89. The molecule has 0 radical (unpaired) electrons. The Hall–Kier alpha value is -1.47. The Morgan fingerprint density at radius 1 is 1.47 bits per heavy atom. The lowest BCUT2D eigenvalue weighted by molar-refractivity contribution is 0.313. The highest BCUT2D eigenvalue weighted by atomic mass is 32.1. The van der Waals surface area contributed by atoms with Gasteiger partial charge in [-0.2, -0.15) is 0 Å². The fraction of sp³-hybridized carbons (Fsp3) is 0.583. The fourth-order valence-corrected chi connectivity index (χ4v) is 1.82. The maximum Gasteiger partial charge on any atom is 0.264 e. The van der Waals surface area contributed by atoms with E-state index in [0.29, 0.717) is 6.54 Å². The molecule has 0 unspecified atom stereocenters. The van der Waals surface area contributed by atoms with Gasteiger partial charge in [0.05, 0.1) is 6.54 Å². The van der Waals surface area contributed by atoms with Crippen LogP contribution in [0.3, 0.4) is 0 Å². The summed E-state index contributed by atoms with van der Waals surface area (Å²) in [7, 11) is 1.58. The summed E-state index contributed by atoms with van der Waals surface area (Å²) < 4.78 is 1.52. The average Bonchev–Trinajstić information content (AvgIpc) is 2.39. The first-order valence-electron chi connectivity index (χ1n) is 6.25. The van der Waals surface area contributed by atoms with Crippen molar-refractivity contribution in [1.82, 2.24) is 14.5 Å². The Labute approximate surface area is 117 Å². The summed E-state index contributed by atoms with van der Waals surface area (Å²) in [6.07, 6.45) is 1.40. The van der Waals surface area contributed by atoms with Gasteiger partial charge >= 0.3 is 0 Å². The van der Waals surface area contributed by atoms with E-state index in [1.165, 1.54) is 10.8 Å². The lowest BCUT2D eigenvalue weighted by Gasteiger charge is -2.15. The monoisotopic (exact) mass is 284 g/mol. The van der Waals surface area contributed by atoms with Crippen LogP contribution >= 0.6 is 12.2 Å². The number of aromatic nitrogens is 2. The van der Waals surface area contributed by atoms with Gasteiger partial charge in [-0.05, 0) is 25.3 Å². The van der Waals surface area contributed by atoms with E-state index in [1.54, 1.807) is 7.05 Å². The van der Waals surface area contributed by atoms with Crippen molar-refractivity contribution < 1.29 is 5.11 Å². The number of hydrogen-bond donors (Lipinski definition) is 2. The van der Waals surface area contributed by atoms with E-state index in [0.717, 1.165) is 19.6 Å². The molecule has 1 heterocycles. The lowest BCUT2D eigenvalue weighted by Crippen LogP contribution is -2.25. The maximum absolute atomic E-state index is 11.7. The van der Waals surface area contributed by atoms with Crippen LogP contribution in [0, 0.1) is 4.77 Å². The molecule has 0 atom stereocenters. The Morgan fingerprint density at radius 2 is 2.11 bits per heavy atom. The van der Waals surface area contributed by atoms with Crippen molar-refractivity contribution in [3.63, 3.8) is 0 Å². The molecule has 0 saturated carbocycles. The topological polar surface area (TPSA) is 73.6 Å². The van der Waals surface area contributed by atoms with Gasteiger partial charge in [-0.1, -0.05) is 13.8 Å². The number of nitrogens with one attached hydrogen (secondary N) is 1. The molecular weight excluding hydrogens is 264 g/mol. The van der Waals surface area contributed by atoms with E-state index < -0.39 is 5.56 Å². The zero-order chi connectivity index (χ0) is 14.4. The van der Waals surface area contributed by atoms with E-state index in [2.05, 4.69) is 28.7 Å². The minimum absolute atomic E-state index is 0.135. The van der Waals surface area contributed by atoms with Crippen molar-refractivity contribution in [3.8, 4) is 5.88 Å². The van der Waals surface area contributed by atoms with E-state index in [4.69, 9.17) is 12.2 Å². The van der Waals surface area contributed by atoms with E-state index in [1.807, 2.05) is 0 Å². The highest BCUT2D eigenvalue weighted by molar-refractivity contribution is 7.71. The first-order chi connectivity index (χ1) is 9.01. The van der Waals surface area contributed by atoms with Gasteiger partial charge in [-0.3, -0.25) is 19.3 Å². The number of aliphatic imine (C=N–C) groups is 1. The van der Waals surface area contributed by atoms with E-state index >= 15 is 0 Å². The molecule has 0 aromatic carbocycles. The van der Waals surface area contributed by atoms with Gasteiger partial charge in [0, 0.05) is 19.8 Å². The number of rotatable bonds is 6. The van der Waals surface area contributed by atoms with Crippen molar-refractivity contribution in [1.29, 1.82) is 0 Å². The van der Waals surface area contributed by atoms with Gasteiger partial charge in [-0.15, -0.1) is 0 Å². The summed E-state index contributed by atoms with van der Waals surface area (Å²) in [5.41, 5.74) is -0.289. The lowest BCUT2D eigenvalue weighted by atomic mass is 10.3. The van der Waals surface area contributed by atoms with Crippen molar-refractivity contribution in [3.05, 3.63) is 20.7 Å². The van der Waals surface area contributed by atoms with Crippen LogP contribution in [-0.4, -0.2) is 52.0 Å². The Balaban J connectivity index is 2.81. The highest BCUT2D eigenvalue weighted by Crippen LogP contribution is 2.08. The minimum atomic E-state index is -0.424. The van der Waals surface area contributed by atoms with Crippen LogP contribution in [0.15, 0.2) is 9.79 Å². The van der Waals surface area contributed by atoms with E-state index in [9.17, 15) is 9.90 Å². The molecule has 0 aliphatic heterocycles. The molecule has 19 heavy (non-hydrogen) atoms. The van der Waals surface area contributed by atoms with Crippen LogP contribution in [0.2, 0.25) is 0 Å². The van der Waals surface area contributed by atoms with Crippen LogP contribution in [-0.2, 0) is 7.05 Å². The van der Waals surface area contributed by atoms with Crippen molar-refractivity contribution >= 4 is 18.4 Å². The third kappa shape index (κ3) is 4.00. The van der Waals surface area contributed by atoms with Crippen molar-refractivity contribution in [2.75, 3.05) is 26.2 Å². The summed E-state index contributed by atoms with van der Waals surface area (Å²) in [6, 6.07) is 0. The summed E-state index contributed by atoms with van der Waals surface area (Å²) in [5, 5.41) is 9.83. The number of nitrogens with zero attached hydrogens (tertiary/aromatic N) is 3. The zero-order valence-electron chi connectivity index (χ0n) is 11.5. The van der Waals surface area contributed by atoms with Crippen molar-refractivity contribution in [2.45, 2.75) is 13.8 Å². The molecule has 0 fully saturated rings. The predicted octanol–water partition coefficient (Wildman–Crippen LogP) is 0.909. The molecule has 1 rings (SSSR count). The smallest absolute Gasteiger partial charge is 0.264 e. The molecular formula is C12H20N4O2S. The largest absolute Gasteiger partial charge is 0.494 e. The minimum Gasteiger partial charge on any atom is -0.494 e. The fourth-order valence-electron chi connectivity index (χ4n) is 1.64. The highest BCUT2D eigenvalue weighted by Gasteiger charge is 2.07. The Morgan fingerprint density at radius 3 is 2.68 bits per heavy atom. The predicted molar refractivity (Wildman–Crippen MR) is 78.8 cm³/mol. The number of hydrogen-bond acceptors (Lipinski definition) is 5. The average molecular weight is 284 g/mol. The number of likely N-dealkylation sites (N-methyl/N-ethyl adjacent to an activating group) is 1. The molecule has 2 N–H and O–H groups in total. The molecule has 0 bridgehead atoms. The Bertz CT molecular complexity index is 558. The summed E-state index contributed by atoms with van der Waals surface area (Å²) in [5.74, 6) is -0.166.